The van der Waals surface area contributed by atoms with Gasteiger partial charge in [-0.25, -0.2) is 13.1 Å². The zero-order chi connectivity index (χ0) is 19.8. The van der Waals surface area contributed by atoms with E-state index in [4.69, 9.17) is 4.74 Å². The number of ether oxygens (including phenoxy) is 1. The Hall–Kier alpha value is -2.16. The van der Waals surface area contributed by atoms with Crippen molar-refractivity contribution < 1.29 is 13.2 Å². The van der Waals surface area contributed by atoms with Crippen molar-refractivity contribution in [1.29, 1.82) is 0 Å². The van der Waals surface area contributed by atoms with E-state index in [1.807, 2.05) is 32.0 Å². The van der Waals surface area contributed by atoms with Crippen LogP contribution < -0.4 is 14.3 Å². The van der Waals surface area contributed by atoms with E-state index in [0.29, 0.717) is 10.4 Å². The Morgan fingerprint density at radius 2 is 1.81 bits per heavy atom. The molecule has 0 fully saturated rings. The molecule has 0 radical (unpaired) electrons. The number of aromatic nitrogens is 1. The molecule has 0 saturated carbocycles. The van der Waals surface area contributed by atoms with Crippen molar-refractivity contribution in [3.63, 3.8) is 0 Å². The fourth-order valence-electron chi connectivity index (χ4n) is 3.06. The zero-order valence-electron chi connectivity index (χ0n) is 15.6. The van der Waals surface area contributed by atoms with Gasteiger partial charge in [-0.05, 0) is 45.0 Å². The number of hydrogen-bond donors (Lipinski definition) is 1. The number of fused-ring (bicyclic) bond motifs is 1. The summed E-state index contributed by atoms with van der Waals surface area (Å²) in [6.07, 6.45) is 0. The number of benzene rings is 2. The maximum absolute atomic E-state index is 12.9. The summed E-state index contributed by atoms with van der Waals surface area (Å²) in [4.78, 5) is 12.2. The Labute approximate surface area is 162 Å². The molecule has 0 saturated heterocycles. The molecule has 1 heterocycles. The van der Waals surface area contributed by atoms with Gasteiger partial charge in [0.15, 0.2) is 0 Å². The van der Waals surface area contributed by atoms with Crippen LogP contribution in [0.1, 0.15) is 38.4 Å². The minimum Gasteiger partial charge on any atom is -0.496 e. The summed E-state index contributed by atoms with van der Waals surface area (Å²) in [7, 11) is -2.21. The monoisotopic (exact) mass is 406 g/mol. The second-order valence-electron chi connectivity index (χ2n) is 6.55. The number of rotatable bonds is 6. The lowest BCUT2D eigenvalue weighted by Gasteiger charge is -2.17. The van der Waals surface area contributed by atoms with Gasteiger partial charge < -0.3 is 4.74 Å². The summed E-state index contributed by atoms with van der Waals surface area (Å²) in [5.41, 5.74) is 1.50. The SMILES string of the molecule is COc1ccccc1[C@@H](C)NS(=O)(=O)c1ccc2c(c1)sc(=O)n2C(C)C. The van der Waals surface area contributed by atoms with Gasteiger partial charge in [-0.2, -0.15) is 0 Å². The maximum atomic E-state index is 12.9. The average molecular weight is 407 g/mol. The highest BCUT2D eigenvalue weighted by atomic mass is 32.2. The predicted octanol–water partition coefficient (Wildman–Crippen LogP) is 3.69. The standard InChI is InChI=1S/C19H22N2O4S2/c1-12(2)21-16-10-9-14(11-18(16)26-19(21)22)27(23,24)20-13(3)15-7-5-6-8-17(15)25-4/h5-13,20H,1-4H3/t13-/m1/s1. The number of nitrogens with zero attached hydrogens (tertiary/aromatic N) is 1. The Balaban J connectivity index is 1.96. The van der Waals surface area contributed by atoms with Crippen molar-refractivity contribution >= 4 is 31.6 Å². The molecule has 0 spiro atoms. The first-order chi connectivity index (χ1) is 12.7. The van der Waals surface area contributed by atoms with E-state index in [0.717, 1.165) is 22.4 Å². The van der Waals surface area contributed by atoms with E-state index >= 15 is 0 Å². The summed E-state index contributed by atoms with van der Waals surface area (Å²) < 4.78 is 36.0. The van der Waals surface area contributed by atoms with Crippen LogP contribution in [0.3, 0.4) is 0 Å². The predicted molar refractivity (Wildman–Crippen MR) is 108 cm³/mol. The van der Waals surface area contributed by atoms with Gasteiger partial charge in [-0.1, -0.05) is 29.5 Å². The molecule has 0 bridgehead atoms. The summed E-state index contributed by atoms with van der Waals surface area (Å²) in [6, 6.07) is 11.6. The first kappa shape index (κ1) is 19.6. The minimum absolute atomic E-state index is 0.0115. The quantitative estimate of drug-likeness (QED) is 0.677. The third kappa shape index (κ3) is 3.78. The van der Waals surface area contributed by atoms with Gasteiger partial charge in [-0.15, -0.1) is 0 Å². The lowest BCUT2D eigenvalue weighted by molar-refractivity contribution is 0.405. The molecule has 1 N–H and O–H groups in total. The van der Waals surface area contributed by atoms with Crippen LogP contribution in [0.4, 0.5) is 0 Å². The third-order valence-corrected chi connectivity index (χ3v) is 6.81. The Morgan fingerprint density at radius 1 is 1.11 bits per heavy atom. The van der Waals surface area contributed by atoms with Crippen molar-refractivity contribution in [3.05, 3.63) is 57.7 Å². The second-order valence-corrected chi connectivity index (χ2v) is 9.25. The maximum Gasteiger partial charge on any atom is 0.308 e. The Bertz CT molecular complexity index is 1130. The Morgan fingerprint density at radius 3 is 2.48 bits per heavy atom. The molecule has 0 amide bonds. The molecule has 0 aliphatic rings. The van der Waals surface area contributed by atoms with Crippen molar-refractivity contribution in [3.8, 4) is 5.75 Å². The summed E-state index contributed by atoms with van der Waals surface area (Å²) >= 11 is 1.05. The second kappa shape index (κ2) is 7.46. The highest BCUT2D eigenvalue weighted by molar-refractivity contribution is 7.89. The van der Waals surface area contributed by atoms with Crippen LogP contribution in [-0.2, 0) is 10.0 Å². The smallest absolute Gasteiger partial charge is 0.308 e. The molecular weight excluding hydrogens is 384 g/mol. The summed E-state index contributed by atoms with van der Waals surface area (Å²) in [6.45, 7) is 5.62. The van der Waals surface area contributed by atoms with Crippen LogP contribution in [-0.4, -0.2) is 20.1 Å². The van der Waals surface area contributed by atoms with Crippen molar-refractivity contribution in [2.24, 2.45) is 0 Å². The molecule has 3 aromatic rings. The number of hydrogen-bond acceptors (Lipinski definition) is 5. The van der Waals surface area contributed by atoms with Crippen LogP contribution in [0, 0.1) is 0 Å². The van der Waals surface area contributed by atoms with Gasteiger partial charge in [0.25, 0.3) is 0 Å². The first-order valence-electron chi connectivity index (χ1n) is 8.55. The fourth-order valence-corrected chi connectivity index (χ4v) is 5.44. The van der Waals surface area contributed by atoms with E-state index in [9.17, 15) is 13.2 Å². The molecule has 144 valence electrons. The largest absolute Gasteiger partial charge is 0.496 e. The van der Waals surface area contributed by atoms with Crippen LogP contribution >= 0.6 is 11.3 Å². The number of sulfonamides is 1. The van der Waals surface area contributed by atoms with E-state index in [2.05, 4.69) is 4.72 Å². The number of methoxy groups -OCH3 is 1. The molecule has 27 heavy (non-hydrogen) atoms. The van der Waals surface area contributed by atoms with Gasteiger partial charge in [0.1, 0.15) is 5.75 Å². The van der Waals surface area contributed by atoms with Gasteiger partial charge in [-0.3, -0.25) is 9.36 Å². The molecule has 8 heteroatoms. The topological polar surface area (TPSA) is 77.4 Å². The van der Waals surface area contributed by atoms with Gasteiger partial charge in [0, 0.05) is 17.6 Å². The molecule has 2 aromatic carbocycles. The van der Waals surface area contributed by atoms with Crippen molar-refractivity contribution in [2.45, 2.75) is 37.8 Å². The van der Waals surface area contributed by atoms with E-state index in [1.54, 1.807) is 36.8 Å². The summed E-state index contributed by atoms with van der Waals surface area (Å²) in [5, 5.41) is 0. The van der Waals surface area contributed by atoms with Crippen LogP contribution in [0.5, 0.6) is 5.75 Å². The number of nitrogens with one attached hydrogen (secondary N) is 1. The van der Waals surface area contributed by atoms with Crippen molar-refractivity contribution in [2.75, 3.05) is 7.11 Å². The van der Waals surface area contributed by atoms with Crippen LogP contribution in [0.15, 0.2) is 52.2 Å². The van der Waals surface area contributed by atoms with Gasteiger partial charge >= 0.3 is 4.87 Å². The molecule has 0 aliphatic heterocycles. The fraction of sp³-hybridized carbons (Fsp3) is 0.316. The highest BCUT2D eigenvalue weighted by Gasteiger charge is 2.22. The molecule has 3 rings (SSSR count). The Kier molecular flexibility index (Phi) is 5.41. The normalized spacial score (nSPS) is 13.2. The highest BCUT2D eigenvalue weighted by Crippen LogP contribution is 2.28. The van der Waals surface area contributed by atoms with E-state index in [1.165, 1.54) is 6.07 Å². The number of para-hydroxylation sites is 1. The zero-order valence-corrected chi connectivity index (χ0v) is 17.2. The summed E-state index contributed by atoms with van der Waals surface area (Å²) in [5.74, 6) is 0.621. The van der Waals surface area contributed by atoms with Crippen LogP contribution in [0.2, 0.25) is 0 Å². The molecular formula is C19H22N2O4S2. The minimum atomic E-state index is -3.76. The van der Waals surface area contributed by atoms with E-state index in [-0.39, 0.29) is 15.8 Å². The van der Waals surface area contributed by atoms with E-state index < -0.39 is 16.1 Å². The van der Waals surface area contributed by atoms with Crippen LogP contribution in [0.25, 0.3) is 10.2 Å². The first-order valence-corrected chi connectivity index (χ1v) is 10.8. The molecule has 6 nitrogen and oxygen atoms in total. The number of thiazole rings is 1. The van der Waals surface area contributed by atoms with Gasteiger partial charge in [0.05, 0.1) is 22.2 Å². The molecule has 0 unspecified atom stereocenters. The molecule has 1 aromatic heterocycles. The molecule has 0 aliphatic carbocycles. The van der Waals surface area contributed by atoms with Crippen molar-refractivity contribution in [1.82, 2.24) is 9.29 Å². The third-order valence-electron chi connectivity index (χ3n) is 4.35. The lowest BCUT2D eigenvalue weighted by Crippen LogP contribution is -2.27. The average Bonchev–Trinajstić information content (AvgIpc) is 2.96. The molecule has 1 atom stereocenters. The van der Waals surface area contributed by atoms with Gasteiger partial charge in [0.2, 0.25) is 10.0 Å². The lowest BCUT2D eigenvalue weighted by atomic mass is 10.1.